The molecule has 9 heteroatoms. The molecule has 1 N–H and O–H groups in total. The highest BCUT2D eigenvalue weighted by atomic mass is 19.4. The van der Waals surface area contributed by atoms with Crippen molar-refractivity contribution in [2.24, 2.45) is 0 Å². The average molecular weight is 475 g/mol. The zero-order chi connectivity index (χ0) is 24.7. The van der Waals surface area contributed by atoms with Crippen molar-refractivity contribution in [1.82, 2.24) is 20.0 Å². The number of hydrogen-bond acceptors (Lipinski definition) is 4. The van der Waals surface area contributed by atoms with E-state index in [2.05, 4.69) is 29.2 Å². The summed E-state index contributed by atoms with van der Waals surface area (Å²) in [5.74, 6) is -0.273. The molecule has 0 unspecified atom stereocenters. The van der Waals surface area contributed by atoms with Crippen LogP contribution < -0.4 is 10.1 Å². The quantitative estimate of drug-likeness (QED) is 0.456. The number of alkyl halides is 3. The minimum absolute atomic E-state index is 0.0211. The molecular weight excluding hydrogens is 445 g/mol. The lowest BCUT2D eigenvalue weighted by atomic mass is 10.1. The van der Waals surface area contributed by atoms with E-state index in [4.69, 9.17) is 4.74 Å². The van der Waals surface area contributed by atoms with Crippen LogP contribution in [0.5, 0.6) is 5.75 Å². The molecule has 0 radical (unpaired) electrons. The summed E-state index contributed by atoms with van der Waals surface area (Å²) >= 11 is 0. The Labute approximate surface area is 197 Å². The smallest absolute Gasteiger partial charge is 0.434 e. The molecule has 1 amide bonds. The van der Waals surface area contributed by atoms with Gasteiger partial charge in [0.25, 0.3) is 5.91 Å². The second kappa shape index (κ2) is 11.2. The van der Waals surface area contributed by atoms with Crippen LogP contribution in [0, 0.1) is 6.92 Å². The van der Waals surface area contributed by atoms with Crippen LogP contribution in [0.2, 0.25) is 0 Å². The van der Waals surface area contributed by atoms with Crippen molar-refractivity contribution >= 4 is 5.91 Å². The van der Waals surface area contributed by atoms with Crippen molar-refractivity contribution in [1.29, 1.82) is 0 Å². The van der Waals surface area contributed by atoms with Gasteiger partial charge in [0.2, 0.25) is 0 Å². The van der Waals surface area contributed by atoms with Gasteiger partial charge in [0.1, 0.15) is 12.4 Å². The fourth-order valence-electron chi connectivity index (χ4n) is 3.56. The van der Waals surface area contributed by atoms with Crippen molar-refractivity contribution in [3.8, 4) is 11.4 Å². The first-order chi connectivity index (χ1) is 16.2. The molecule has 6 nitrogen and oxygen atoms in total. The highest BCUT2D eigenvalue weighted by Crippen LogP contribution is 2.33. The molecule has 182 valence electrons. The van der Waals surface area contributed by atoms with Crippen LogP contribution in [0.15, 0.2) is 54.7 Å². The van der Waals surface area contributed by atoms with Crippen LogP contribution in [0.25, 0.3) is 5.69 Å². The maximum Gasteiger partial charge on any atom is 0.434 e. The third-order valence-electron chi connectivity index (χ3n) is 5.53. The SMILES string of the molecule is CCN(CC)CCOc1ccccc1CNC(=O)c1cnn(-c2ccc(C)cc2)c1C(F)(F)F. The van der Waals surface area contributed by atoms with Gasteiger partial charge in [-0.2, -0.15) is 18.3 Å². The lowest BCUT2D eigenvalue weighted by Gasteiger charge is -2.19. The lowest BCUT2D eigenvalue weighted by molar-refractivity contribution is -0.143. The third kappa shape index (κ3) is 6.17. The number of ether oxygens (including phenoxy) is 1. The number of carbonyl (C=O) groups excluding carboxylic acids is 1. The summed E-state index contributed by atoms with van der Waals surface area (Å²) < 4.78 is 48.3. The molecule has 0 saturated heterocycles. The first kappa shape index (κ1) is 25.3. The molecule has 3 rings (SSSR count). The van der Waals surface area contributed by atoms with Gasteiger partial charge in [-0.1, -0.05) is 49.7 Å². The Bertz CT molecular complexity index is 1090. The van der Waals surface area contributed by atoms with Crippen molar-refractivity contribution in [2.75, 3.05) is 26.2 Å². The molecule has 0 saturated carbocycles. The molecule has 0 aliphatic rings. The van der Waals surface area contributed by atoms with Crippen LogP contribution in [-0.4, -0.2) is 46.8 Å². The summed E-state index contributed by atoms with van der Waals surface area (Å²) in [6, 6.07) is 13.6. The Hall–Kier alpha value is -3.33. The van der Waals surface area contributed by atoms with Crippen LogP contribution >= 0.6 is 0 Å². The van der Waals surface area contributed by atoms with Gasteiger partial charge < -0.3 is 15.0 Å². The summed E-state index contributed by atoms with van der Waals surface area (Å²) in [5.41, 5.74) is 0.157. The third-order valence-corrected chi connectivity index (χ3v) is 5.53. The van der Waals surface area contributed by atoms with Gasteiger partial charge in [0.15, 0.2) is 5.69 Å². The van der Waals surface area contributed by atoms with Gasteiger partial charge in [-0.15, -0.1) is 0 Å². The number of amides is 1. The molecule has 0 aliphatic heterocycles. The van der Waals surface area contributed by atoms with E-state index in [9.17, 15) is 18.0 Å². The lowest BCUT2D eigenvalue weighted by Crippen LogP contribution is -2.28. The highest BCUT2D eigenvalue weighted by molar-refractivity contribution is 5.95. The predicted octanol–water partition coefficient (Wildman–Crippen LogP) is 4.85. The average Bonchev–Trinajstić information content (AvgIpc) is 3.27. The number of halogens is 3. The molecule has 1 aromatic heterocycles. The number of aryl methyl sites for hydroxylation is 1. The Kier molecular flexibility index (Phi) is 8.33. The fraction of sp³-hybridized carbons (Fsp3) is 0.360. The van der Waals surface area contributed by atoms with Gasteiger partial charge in [-0.3, -0.25) is 4.79 Å². The Morgan fingerprint density at radius 2 is 1.76 bits per heavy atom. The summed E-state index contributed by atoms with van der Waals surface area (Å²) in [4.78, 5) is 15.0. The zero-order valence-electron chi connectivity index (χ0n) is 19.5. The molecule has 0 atom stereocenters. The predicted molar refractivity (Wildman–Crippen MR) is 124 cm³/mol. The summed E-state index contributed by atoms with van der Waals surface area (Å²) in [7, 11) is 0. The number of nitrogens with zero attached hydrogens (tertiary/aromatic N) is 3. The maximum atomic E-state index is 13.9. The molecule has 1 heterocycles. The number of aromatic nitrogens is 2. The number of likely N-dealkylation sites (N-methyl/N-ethyl adjacent to an activating group) is 1. The number of para-hydroxylation sites is 1. The monoisotopic (exact) mass is 474 g/mol. The van der Waals surface area contributed by atoms with E-state index in [0.29, 0.717) is 17.9 Å². The Morgan fingerprint density at radius 1 is 1.09 bits per heavy atom. The summed E-state index contributed by atoms with van der Waals surface area (Å²) in [5, 5.41) is 6.44. The minimum atomic E-state index is -4.76. The van der Waals surface area contributed by atoms with Crippen molar-refractivity contribution < 1.29 is 22.7 Å². The van der Waals surface area contributed by atoms with E-state index in [1.54, 1.807) is 30.3 Å². The van der Waals surface area contributed by atoms with Gasteiger partial charge >= 0.3 is 6.18 Å². The number of benzene rings is 2. The first-order valence-electron chi connectivity index (χ1n) is 11.2. The Balaban J connectivity index is 1.75. The topological polar surface area (TPSA) is 59.4 Å². The van der Waals surface area contributed by atoms with Crippen LogP contribution in [-0.2, 0) is 12.7 Å². The van der Waals surface area contributed by atoms with Crippen LogP contribution in [0.1, 0.15) is 41.0 Å². The van der Waals surface area contributed by atoms with E-state index in [1.165, 1.54) is 12.1 Å². The standard InChI is InChI=1S/C25H29F3N4O2/c1-4-31(5-2)14-15-34-22-9-7-6-8-19(22)16-29-24(33)21-17-30-32(23(21)25(26,27)28)20-12-10-18(3)11-13-20/h6-13,17H,4-5,14-16H2,1-3H3,(H,29,33). The largest absolute Gasteiger partial charge is 0.492 e. The van der Waals surface area contributed by atoms with Crippen molar-refractivity contribution in [3.63, 3.8) is 0 Å². The van der Waals surface area contributed by atoms with Crippen LogP contribution in [0.3, 0.4) is 0 Å². The normalized spacial score (nSPS) is 11.6. The molecule has 34 heavy (non-hydrogen) atoms. The van der Waals surface area contributed by atoms with Crippen molar-refractivity contribution in [3.05, 3.63) is 77.1 Å². The van der Waals surface area contributed by atoms with E-state index >= 15 is 0 Å². The van der Waals surface area contributed by atoms with E-state index in [0.717, 1.165) is 36.1 Å². The molecule has 0 aliphatic carbocycles. The molecule has 0 spiro atoms. The van der Waals surface area contributed by atoms with Gasteiger partial charge in [-0.05, 0) is 38.2 Å². The zero-order valence-corrected chi connectivity index (χ0v) is 19.5. The van der Waals surface area contributed by atoms with Gasteiger partial charge in [0.05, 0.1) is 17.4 Å². The number of carbonyl (C=O) groups is 1. The second-order valence-corrected chi connectivity index (χ2v) is 7.82. The van der Waals surface area contributed by atoms with Gasteiger partial charge in [-0.25, -0.2) is 4.68 Å². The summed E-state index contributed by atoms with van der Waals surface area (Å²) in [6.07, 6.45) is -3.82. The molecule has 2 aromatic carbocycles. The number of hydrogen-bond donors (Lipinski definition) is 1. The molecule has 0 bridgehead atoms. The fourth-order valence-corrected chi connectivity index (χ4v) is 3.56. The summed E-state index contributed by atoms with van der Waals surface area (Å²) in [6.45, 7) is 9.04. The van der Waals surface area contributed by atoms with Crippen LogP contribution in [0.4, 0.5) is 13.2 Å². The van der Waals surface area contributed by atoms with Crippen molar-refractivity contribution in [2.45, 2.75) is 33.5 Å². The van der Waals surface area contributed by atoms with E-state index in [-0.39, 0.29) is 12.2 Å². The second-order valence-electron chi connectivity index (χ2n) is 7.82. The van der Waals surface area contributed by atoms with Gasteiger partial charge in [0, 0.05) is 18.7 Å². The maximum absolute atomic E-state index is 13.9. The number of nitrogens with one attached hydrogen (secondary N) is 1. The van der Waals surface area contributed by atoms with E-state index in [1.807, 2.05) is 13.0 Å². The Morgan fingerprint density at radius 3 is 2.41 bits per heavy atom. The number of rotatable bonds is 10. The minimum Gasteiger partial charge on any atom is -0.492 e. The highest BCUT2D eigenvalue weighted by Gasteiger charge is 2.40. The molecular formula is C25H29F3N4O2. The molecule has 0 fully saturated rings. The first-order valence-corrected chi connectivity index (χ1v) is 11.2. The molecule has 3 aromatic rings. The van der Waals surface area contributed by atoms with E-state index < -0.39 is 23.3 Å².